The minimum atomic E-state index is -0.821. The normalized spacial score (nSPS) is 19.3. The third-order valence-electron chi connectivity index (χ3n) is 2.73. The van der Waals surface area contributed by atoms with E-state index in [1.54, 1.807) is 0 Å². The lowest BCUT2D eigenvalue weighted by Gasteiger charge is -2.33. The van der Waals surface area contributed by atoms with E-state index in [2.05, 4.69) is 4.98 Å². The molecular weight excluding hydrogens is 293 g/mol. The number of amides is 2. The molecule has 2 rings (SSSR count). The van der Waals surface area contributed by atoms with Crippen molar-refractivity contribution in [3.05, 3.63) is 28.0 Å². The van der Waals surface area contributed by atoms with Crippen LogP contribution in [0.2, 0.25) is 10.2 Å². The van der Waals surface area contributed by atoms with Gasteiger partial charge in [0.1, 0.15) is 16.9 Å². The SMILES string of the molecule is NC(=O)C1COCCN1C(=O)c1nc(Cl)ccc1Cl. The van der Waals surface area contributed by atoms with Crippen LogP contribution < -0.4 is 5.73 Å². The number of hydrogen-bond donors (Lipinski definition) is 1. The van der Waals surface area contributed by atoms with Gasteiger partial charge in [-0.3, -0.25) is 9.59 Å². The van der Waals surface area contributed by atoms with Crippen LogP contribution in [-0.4, -0.2) is 47.5 Å². The van der Waals surface area contributed by atoms with Crippen molar-refractivity contribution in [1.82, 2.24) is 9.88 Å². The molecule has 1 fully saturated rings. The highest BCUT2D eigenvalue weighted by Gasteiger charge is 2.33. The topological polar surface area (TPSA) is 85.5 Å². The third kappa shape index (κ3) is 2.97. The van der Waals surface area contributed by atoms with Gasteiger partial charge in [-0.05, 0) is 12.1 Å². The minimum absolute atomic E-state index is 0.00215. The lowest BCUT2D eigenvalue weighted by molar-refractivity contribution is -0.127. The number of nitrogens with two attached hydrogens (primary N) is 1. The van der Waals surface area contributed by atoms with Gasteiger partial charge in [0.25, 0.3) is 5.91 Å². The summed E-state index contributed by atoms with van der Waals surface area (Å²) < 4.78 is 5.14. The van der Waals surface area contributed by atoms with Crippen molar-refractivity contribution in [2.75, 3.05) is 19.8 Å². The van der Waals surface area contributed by atoms with Gasteiger partial charge in [-0.25, -0.2) is 4.98 Å². The number of halogens is 2. The van der Waals surface area contributed by atoms with Gasteiger partial charge >= 0.3 is 0 Å². The summed E-state index contributed by atoms with van der Waals surface area (Å²) in [6.07, 6.45) is 0. The smallest absolute Gasteiger partial charge is 0.274 e. The van der Waals surface area contributed by atoms with Crippen LogP contribution in [0.25, 0.3) is 0 Å². The lowest BCUT2D eigenvalue weighted by Crippen LogP contribution is -2.54. The number of pyridine rings is 1. The molecule has 6 nitrogen and oxygen atoms in total. The Balaban J connectivity index is 2.31. The predicted octanol–water partition coefficient (Wildman–Crippen LogP) is 0.715. The number of carbonyl (C=O) groups is 2. The van der Waals surface area contributed by atoms with E-state index in [-0.39, 0.29) is 29.0 Å². The summed E-state index contributed by atoms with van der Waals surface area (Å²) >= 11 is 11.7. The Bertz CT molecular complexity index is 524. The Kier molecular flexibility index (Phi) is 4.24. The lowest BCUT2D eigenvalue weighted by atomic mass is 10.2. The summed E-state index contributed by atoms with van der Waals surface area (Å²) in [5, 5.41) is 0.320. The maximum Gasteiger partial charge on any atom is 0.274 e. The molecule has 2 heterocycles. The van der Waals surface area contributed by atoms with E-state index in [1.165, 1.54) is 17.0 Å². The molecule has 102 valence electrons. The number of morpholine rings is 1. The first-order chi connectivity index (χ1) is 9.00. The third-order valence-corrected chi connectivity index (χ3v) is 3.25. The summed E-state index contributed by atoms with van der Waals surface area (Å²) in [5.74, 6) is -1.12. The molecule has 0 aliphatic carbocycles. The number of aromatic nitrogens is 1. The summed E-state index contributed by atoms with van der Waals surface area (Å²) in [4.78, 5) is 28.9. The molecule has 0 aromatic carbocycles. The molecule has 2 amide bonds. The van der Waals surface area contributed by atoms with E-state index in [0.717, 1.165) is 0 Å². The maximum absolute atomic E-state index is 12.3. The molecule has 1 aliphatic heterocycles. The maximum atomic E-state index is 12.3. The fourth-order valence-corrected chi connectivity index (χ4v) is 2.12. The number of hydrogen-bond acceptors (Lipinski definition) is 4. The second kappa shape index (κ2) is 5.73. The van der Waals surface area contributed by atoms with Crippen LogP contribution in [0.3, 0.4) is 0 Å². The molecule has 2 N–H and O–H groups in total. The van der Waals surface area contributed by atoms with Gasteiger partial charge in [0.2, 0.25) is 5.91 Å². The van der Waals surface area contributed by atoms with Gasteiger partial charge in [0.05, 0.1) is 18.2 Å². The molecule has 1 saturated heterocycles. The van der Waals surface area contributed by atoms with Gasteiger partial charge < -0.3 is 15.4 Å². The van der Waals surface area contributed by atoms with Crippen LogP contribution in [0.4, 0.5) is 0 Å². The van der Waals surface area contributed by atoms with E-state index >= 15 is 0 Å². The monoisotopic (exact) mass is 303 g/mol. The van der Waals surface area contributed by atoms with E-state index in [9.17, 15) is 9.59 Å². The molecule has 0 radical (unpaired) electrons. The predicted molar refractivity (Wildman–Crippen MR) is 69.1 cm³/mol. The highest BCUT2D eigenvalue weighted by atomic mass is 35.5. The molecular formula is C11H11Cl2N3O3. The van der Waals surface area contributed by atoms with Gasteiger partial charge in [-0.15, -0.1) is 0 Å². The Labute approximate surface area is 119 Å². The van der Waals surface area contributed by atoms with Gasteiger partial charge in [-0.1, -0.05) is 23.2 Å². The summed E-state index contributed by atoms with van der Waals surface area (Å²) in [7, 11) is 0. The molecule has 1 aromatic heterocycles. The fourth-order valence-electron chi connectivity index (χ4n) is 1.79. The van der Waals surface area contributed by atoms with Crippen LogP contribution in [0.1, 0.15) is 10.5 Å². The Morgan fingerprint density at radius 3 is 2.84 bits per heavy atom. The summed E-state index contributed by atoms with van der Waals surface area (Å²) in [5.41, 5.74) is 5.25. The van der Waals surface area contributed by atoms with Gasteiger partial charge in [0, 0.05) is 6.54 Å². The van der Waals surface area contributed by atoms with Crippen molar-refractivity contribution in [1.29, 1.82) is 0 Å². The van der Waals surface area contributed by atoms with Crippen molar-refractivity contribution in [2.45, 2.75) is 6.04 Å². The number of carbonyl (C=O) groups excluding carboxylic acids is 2. The van der Waals surface area contributed by atoms with Crippen LogP contribution >= 0.6 is 23.2 Å². The van der Waals surface area contributed by atoms with Gasteiger partial charge in [0.15, 0.2) is 0 Å². The van der Waals surface area contributed by atoms with E-state index in [0.29, 0.717) is 6.61 Å². The van der Waals surface area contributed by atoms with Crippen LogP contribution in [0.15, 0.2) is 12.1 Å². The van der Waals surface area contributed by atoms with Gasteiger partial charge in [-0.2, -0.15) is 0 Å². The zero-order valence-electron chi connectivity index (χ0n) is 9.81. The summed E-state index contributed by atoms with van der Waals surface area (Å²) in [6, 6.07) is 2.13. The minimum Gasteiger partial charge on any atom is -0.377 e. The van der Waals surface area contributed by atoms with Crippen molar-refractivity contribution >= 4 is 35.0 Å². The fraction of sp³-hybridized carbons (Fsp3) is 0.364. The highest BCUT2D eigenvalue weighted by molar-refractivity contribution is 6.34. The number of rotatable bonds is 2. The number of nitrogens with zero attached hydrogens (tertiary/aromatic N) is 2. The second-order valence-electron chi connectivity index (χ2n) is 3.96. The largest absolute Gasteiger partial charge is 0.377 e. The number of primary amides is 1. The Morgan fingerprint density at radius 2 is 2.16 bits per heavy atom. The molecule has 1 aromatic rings. The summed E-state index contributed by atoms with van der Waals surface area (Å²) in [6.45, 7) is 0.643. The molecule has 1 aliphatic rings. The first-order valence-electron chi connectivity index (χ1n) is 5.51. The first kappa shape index (κ1) is 14.0. The Morgan fingerprint density at radius 1 is 1.42 bits per heavy atom. The molecule has 0 spiro atoms. The van der Waals surface area contributed by atoms with Crippen LogP contribution in [0, 0.1) is 0 Å². The van der Waals surface area contributed by atoms with Crippen LogP contribution in [0.5, 0.6) is 0 Å². The quantitative estimate of drug-likeness (QED) is 0.816. The molecule has 1 unspecified atom stereocenters. The molecule has 0 saturated carbocycles. The highest BCUT2D eigenvalue weighted by Crippen LogP contribution is 2.20. The average molecular weight is 304 g/mol. The number of ether oxygens (including phenoxy) is 1. The van der Waals surface area contributed by atoms with Crippen LogP contribution in [-0.2, 0) is 9.53 Å². The van der Waals surface area contributed by atoms with Crippen molar-refractivity contribution in [3.63, 3.8) is 0 Å². The van der Waals surface area contributed by atoms with Crippen molar-refractivity contribution in [2.24, 2.45) is 5.73 Å². The molecule has 8 heteroatoms. The second-order valence-corrected chi connectivity index (χ2v) is 4.75. The molecule has 0 bridgehead atoms. The first-order valence-corrected chi connectivity index (χ1v) is 6.26. The standard InChI is InChI=1S/C11H11Cl2N3O3/c12-6-1-2-8(13)15-9(6)11(18)16-3-4-19-5-7(16)10(14)17/h1-2,7H,3-5H2,(H2,14,17). The zero-order valence-corrected chi connectivity index (χ0v) is 11.3. The van der Waals surface area contributed by atoms with E-state index in [4.69, 9.17) is 33.7 Å². The van der Waals surface area contributed by atoms with Crippen molar-refractivity contribution in [3.8, 4) is 0 Å². The van der Waals surface area contributed by atoms with Crippen molar-refractivity contribution < 1.29 is 14.3 Å². The Hall–Kier alpha value is -1.37. The van der Waals surface area contributed by atoms with E-state index < -0.39 is 17.9 Å². The zero-order chi connectivity index (χ0) is 14.0. The van der Waals surface area contributed by atoms with E-state index in [1.807, 2.05) is 0 Å². The molecule has 1 atom stereocenters. The average Bonchev–Trinajstić information content (AvgIpc) is 2.40. The molecule has 19 heavy (non-hydrogen) atoms.